The van der Waals surface area contributed by atoms with Crippen molar-refractivity contribution in [3.05, 3.63) is 36.0 Å². The van der Waals surface area contributed by atoms with Crippen LogP contribution in [0, 0.1) is 0 Å². The Morgan fingerprint density at radius 3 is 3.11 bits per heavy atom. The summed E-state index contributed by atoms with van der Waals surface area (Å²) < 4.78 is 0. The van der Waals surface area contributed by atoms with Crippen molar-refractivity contribution in [1.29, 1.82) is 0 Å². The van der Waals surface area contributed by atoms with Crippen LogP contribution in [0.15, 0.2) is 35.4 Å². The quantitative estimate of drug-likeness (QED) is 0.893. The zero-order valence-electron chi connectivity index (χ0n) is 9.96. The van der Waals surface area contributed by atoms with Gasteiger partial charge in [-0.05, 0) is 6.07 Å². The first kappa shape index (κ1) is 12.0. The van der Waals surface area contributed by atoms with Gasteiger partial charge in [-0.25, -0.2) is 9.97 Å². The third-order valence-corrected chi connectivity index (χ3v) is 3.91. The topological polar surface area (TPSA) is 75.1 Å². The van der Waals surface area contributed by atoms with E-state index in [9.17, 15) is 4.79 Å². The van der Waals surface area contributed by atoms with E-state index in [1.54, 1.807) is 18.0 Å². The molecule has 0 radical (unpaired) electrons. The minimum atomic E-state index is -0.933. The zero-order valence-corrected chi connectivity index (χ0v) is 10.8. The number of nitrogens with zero attached hydrogens (tertiary/aromatic N) is 2. The molecule has 1 aliphatic heterocycles. The number of carboxylic acids is 1. The summed E-state index contributed by atoms with van der Waals surface area (Å²) in [6, 6.07) is 8.06. The molecular formula is C13H11N3O2S. The minimum Gasteiger partial charge on any atom is -0.480 e. The van der Waals surface area contributed by atoms with Crippen LogP contribution < -0.4 is 5.32 Å². The summed E-state index contributed by atoms with van der Waals surface area (Å²) in [4.78, 5) is 20.3. The van der Waals surface area contributed by atoms with Gasteiger partial charge in [0.1, 0.15) is 6.54 Å². The zero-order chi connectivity index (χ0) is 13.2. The molecule has 2 heterocycles. The van der Waals surface area contributed by atoms with Gasteiger partial charge in [0.2, 0.25) is 5.95 Å². The first-order valence-electron chi connectivity index (χ1n) is 5.78. The molecule has 0 unspecified atom stereocenters. The molecule has 19 heavy (non-hydrogen) atoms. The summed E-state index contributed by atoms with van der Waals surface area (Å²) in [7, 11) is 0. The molecule has 96 valence electrons. The second-order valence-electron chi connectivity index (χ2n) is 4.10. The summed E-state index contributed by atoms with van der Waals surface area (Å²) in [5, 5.41) is 11.3. The number of fused-ring (bicyclic) bond motifs is 3. The molecule has 6 heteroatoms. The van der Waals surface area contributed by atoms with Crippen molar-refractivity contribution in [1.82, 2.24) is 9.97 Å². The van der Waals surface area contributed by atoms with Gasteiger partial charge in [-0.2, -0.15) is 0 Å². The Kier molecular flexibility index (Phi) is 3.08. The summed E-state index contributed by atoms with van der Waals surface area (Å²) in [6.45, 7) is -0.185. The number of rotatable bonds is 3. The molecule has 0 fully saturated rings. The van der Waals surface area contributed by atoms with Crippen LogP contribution >= 0.6 is 11.8 Å². The molecule has 5 nitrogen and oxygen atoms in total. The van der Waals surface area contributed by atoms with Crippen LogP contribution in [-0.2, 0) is 10.5 Å². The smallest absolute Gasteiger partial charge is 0.322 e. The Balaban J connectivity index is 1.98. The standard InChI is InChI=1S/C13H11N3O2S/c17-11(18)6-15-13-14-5-8-7-19-10-4-2-1-3-9(10)12(8)16-13/h1-5H,6-7H2,(H,17,18)(H,14,15,16). The van der Waals surface area contributed by atoms with Crippen molar-refractivity contribution in [3.63, 3.8) is 0 Å². The number of hydrogen-bond acceptors (Lipinski definition) is 5. The van der Waals surface area contributed by atoms with Gasteiger partial charge in [-0.15, -0.1) is 11.8 Å². The van der Waals surface area contributed by atoms with Crippen molar-refractivity contribution in [3.8, 4) is 11.3 Å². The van der Waals surface area contributed by atoms with Crippen molar-refractivity contribution in [2.45, 2.75) is 10.6 Å². The fraction of sp³-hybridized carbons (Fsp3) is 0.154. The molecule has 1 aliphatic rings. The first-order chi connectivity index (χ1) is 9.24. The van der Waals surface area contributed by atoms with E-state index in [4.69, 9.17) is 5.11 Å². The maximum atomic E-state index is 10.5. The molecule has 0 bridgehead atoms. The molecule has 0 saturated carbocycles. The molecule has 2 aromatic rings. The fourth-order valence-electron chi connectivity index (χ4n) is 1.93. The number of aromatic nitrogens is 2. The SMILES string of the molecule is O=C(O)CNc1ncc2c(n1)-c1ccccc1SC2. The van der Waals surface area contributed by atoms with Gasteiger partial charge in [-0.3, -0.25) is 4.79 Å². The van der Waals surface area contributed by atoms with Crippen molar-refractivity contribution < 1.29 is 9.90 Å². The maximum absolute atomic E-state index is 10.5. The lowest BCUT2D eigenvalue weighted by Crippen LogP contribution is -2.15. The predicted molar refractivity (Wildman–Crippen MR) is 73.2 cm³/mol. The van der Waals surface area contributed by atoms with Crippen molar-refractivity contribution in [2.75, 3.05) is 11.9 Å². The lowest BCUT2D eigenvalue weighted by molar-refractivity contribution is -0.134. The van der Waals surface area contributed by atoms with Gasteiger partial charge in [0, 0.05) is 28.0 Å². The van der Waals surface area contributed by atoms with E-state index in [2.05, 4.69) is 21.4 Å². The van der Waals surface area contributed by atoms with E-state index in [1.165, 1.54) is 4.90 Å². The van der Waals surface area contributed by atoms with Gasteiger partial charge in [-0.1, -0.05) is 18.2 Å². The summed E-state index contributed by atoms with van der Waals surface area (Å²) in [5.74, 6) is 0.256. The van der Waals surface area contributed by atoms with E-state index in [0.717, 1.165) is 22.6 Å². The minimum absolute atomic E-state index is 0.185. The van der Waals surface area contributed by atoms with E-state index >= 15 is 0 Å². The third kappa shape index (κ3) is 2.39. The molecule has 0 aliphatic carbocycles. The van der Waals surface area contributed by atoms with E-state index in [-0.39, 0.29) is 6.54 Å². The highest BCUT2D eigenvalue weighted by Gasteiger charge is 2.18. The van der Waals surface area contributed by atoms with Crippen molar-refractivity contribution in [2.24, 2.45) is 0 Å². The van der Waals surface area contributed by atoms with Crippen LogP contribution in [-0.4, -0.2) is 27.6 Å². The van der Waals surface area contributed by atoms with Crippen molar-refractivity contribution >= 4 is 23.7 Å². The van der Waals surface area contributed by atoms with Crippen LogP contribution in [0.1, 0.15) is 5.56 Å². The lowest BCUT2D eigenvalue weighted by atomic mass is 10.1. The Bertz CT molecular complexity index is 646. The largest absolute Gasteiger partial charge is 0.480 e. The third-order valence-electron chi connectivity index (χ3n) is 2.79. The number of aliphatic carboxylic acids is 1. The van der Waals surface area contributed by atoms with Crippen LogP contribution in [0.4, 0.5) is 5.95 Å². The number of carboxylic acid groups (broad SMARTS) is 1. The lowest BCUT2D eigenvalue weighted by Gasteiger charge is -2.18. The Labute approximate surface area is 114 Å². The van der Waals surface area contributed by atoms with Crippen LogP contribution in [0.25, 0.3) is 11.3 Å². The number of nitrogens with one attached hydrogen (secondary N) is 1. The van der Waals surface area contributed by atoms with Gasteiger partial charge in [0.15, 0.2) is 0 Å². The van der Waals surface area contributed by atoms with E-state index in [1.807, 2.05) is 18.2 Å². The normalized spacial score (nSPS) is 12.4. The molecule has 0 amide bonds. The fourth-order valence-corrected chi connectivity index (χ4v) is 2.95. The maximum Gasteiger partial charge on any atom is 0.322 e. The number of anilines is 1. The highest BCUT2D eigenvalue weighted by atomic mass is 32.2. The summed E-state index contributed by atoms with van der Waals surface area (Å²) in [5.41, 5.74) is 3.04. The number of hydrogen-bond donors (Lipinski definition) is 2. The highest BCUT2D eigenvalue weighted by Crippen LogP contribution is 2.40. The molecule has 0 atom stereocenters. The molecule has 0 saturated heterocycles. The monoisotopic (exact) mass is 273 g/mol. The second-order valence-corrected chi connectivity index (χ2v) is 5.12. The predicted octanol–water partition coefficient (Wildman–Crippen LogP) is 2.25. The molecule has 2 N–H and O–H groups in total. The molecule has 1 aromatic heterocycles. The second kappa shape index (κ2) is 4.89. The average molecular weight is 273 g/mol. The first-order valence-corrected chi connectivity index (χ1v) is 6.76. The molecular weight excluding hydrogens is 262 g/mol. The van der Waals surface area contributed by atoms with Gasteiger partial charge in [0.25, 0.3) is 0 Å². The Hall–Kier alpha value is -2.08. The van der Waals surface area contributed by atoms with Gasteiger partial charge in [0.05, 0.1) is 5.69 Å². The number of thioether (sulfide) groups is 1. The molecule has 0 spiro atoms. The van der Waals surface area contributed by atoms with Crippen LogP contribution in [0.2, 0.25) is 0 Å². The number of carbonyl (C=O) groups is 1. The van der Waals surface area contributed by atoms with E-state index in [0.29, 0.717) is 5.95 Å². The Morgan fingerprint density at radius 1 is 1.42 bits per heavy atom. The average Bonchev–Trinajstić information content (AvgIpc) is 2.44. The summed E-state index contributed by atoms with van der Waals surface area (Å²) >= 11 is 1.76. The van der Waals surface area contributed by atoms with Gasteiger partial charge >= 0.3 is 5.97 Å². The Morgan fingerprint density at radius 2 is 2.26 bits per heavy atom. The summed E-state index contributed by atoms with van der Waals surface area (Å²) in [6.07, 6.45) is 1.76. The molecule has 1 aromatic carbocycles. The highest BCUT2D eigenvalue weighted by molar-refractivity contribution is 7.98. The van der Waals surface area contributed by atoms with Gasteiger partial charge < -0.3 is 10.4 Å². The van der Waals surface area contributed by atoms with Crippen LogP contribution in [0.3, 0.4) is 0 Å². The number of benzene rings is 1. The van der Waals surface area contributed by atoms with Crippen LogP contribution in [0.5, 0.6) is 0 Å². The van der Waals surface area contributed by atoms with E-state index < -0.39 is 5.97 Å². The molecule has 3 rings (SSSR count).